The minimum Gasteiger partial charge on any atom is -0.357 e. The lowest BCUT2D eigenvalue weighted by atomic mass is 9.85. The summed E-state index contributed by atoms with van der Waals surface area (Å²) in [6.07, 6.45) is 6.03. The number of aromatic nitrogens is 1. The zero-order valence-corrected chi connectivity index (χ0v) is 10.0. The van der Waals surface area contributed by atoms with Crippen molar-refractivity contribution >= 4 is 5.82 Å². The molecule has 1 heterocycles. The molecule has 0 amide bonds. The van der Waals surface area contributed by atoms with Crippen LogP contribution in [0.5, 0.6) is 0 Å². The van der Waals surface area contributed by atoms with E-state index in [1.54, 1.807) is 0 Å². The molecule has 0 aromatic carbocycles. The van der Waals surface area contributed by atoms with Crippen LogP contribution in [0.15, 0.2) is 18.3 Å². The van der Waals surface area contributed by atoms with Crippen LogP contribution in [0.25, 0.3) is 0 Å². The molecule has 2 N–H and O–H groups in total. The number of pyridine rings is 1. The fourth-order valence-electron chi connectivity index (χ4n) is 2.13. The molecule has 1 aliphatic carbocycles. The van der Waals surface area contributed by atoms with Crippen molar-refractivity contribution in [3.63, 3.8) is 0 Å². The average Bonchev–Trinajstić information content (AvgIpc) is 2.28. The second-order valence-corrected chi connectivity index (χ2v) is 4.56. The molecule has 2 rings (SSSR count). The Balaban J connectivity index is 2.05. The molecule has 0 saturated heterocycles. The molecule has 88 valence electrons. The maximum Gasteiger partial charge on any atom is 0.128 e. The summed E-state index contributed by atoms with van der Waals surface area (Å²) in [6, 6.07) is 4.10. The first-order valence-electron chi connectivity index (χ1n) is 6.23. The Kier molecular flexibility index (Phi) is 3.78. The molecule has 0 aliphatic heterocycles. The van der Waals surface area contributed by atoms with Crippen molar-refractivity contribution in [2.75, 3.05) is 18.0 Å². The maximum absolute atomic E-state index is 5.65. The third-order valence-corrected chi connectivity index (χ3v) is 3.45. The van der Waals surface area contributed by atoms with Gasteiger partial charge in [-0.3, -0.25) is 0 Å². The molecule has 1 saturated carbocycles. The summed E-state index contributed by atoms with van der Waals surface area (Å²) in [7, 11) is 0. The van der Waals surface area contributed by atoms with E-state index >= 15 is 0 Å². The third kappa shape index (κ3) is 2.53. The van der Waals surface area contributed by atoms with Gasteiger partial charge in [0.1, 0.15) is 5.82 Å². The first kappa shape index (κ1) is 11.4. The summed E-state index contributed by atoms with van der Waals surface area (Å²) in [6.45, 7) is 4.96. The quantitative estimate of drug-likeness (QED) is 0.825. The van der Waals surface area contributed by atoms with Gasteiger partial charge < -0.3 is 10.6 Å². The summed E-state index contributed by atoms with van der Waals surface area (Å²) in [5.74, 6) is 1.96. The molecule has 3 nitrogen and oxygen atoms in total. The van der Waals surface area contributed by atoms with Crippen LogP contribution >= 0.6 is 0 Å². The van der Waals surface area contributed by atoms with Gasteiger partial charge in [0.2, 0.25) is 0 Å². The SMILES string of the molecule is CCN(CC1CCC1)c1cc(CN)ccn1. The predicted molar refractivity (Wildman–Crippen MR) is 67.4 cm³/mol. The summed E-state index contributed by atoms with van der Waals surface area (Å²) in [5.41, 5.74) is 6.82. The summed E-state index contributed by atoms with van der Waals surface area (Å²) >= 11 is 0. The van der Waals surface area contributed by atoms with E-state index < -0.39 is 0 Å². The van der Waals surface area contributed by atoms with E-state index in [0.29, 0.717) is 6.54 Å². The zero-order valence-electron chi connectivity index (χ0n) is 10.0. The molecule has 1 aliphatic rings. The number of nitrogens with two attached hydrogens (primary N) is 1. The fraction of sp³-hybridized carbons (Fsp3) is 0.615. The Morgan fingerprint density at radius 2 is 2.31 bits per heavy atom. The molecular weight excluding hydrogens is 198 g/mol. The number of nitrogens with zero attached hydrogens (tertiary/aromatic N) is 2. The molecular formula is C13H21N3. The molecule has 3 heteroatoms. The lowest BCUT2D eigenvalue weighted by Crippen LogP contribution is -2.33. The van der Waals surface area contributed by atoms with Crippen molar-refractivity contribution in [1.82, 2.24) is 4.98 Å². The summed E-state index contributed by atoms with van der Waals surface area (Å²) in [4.78, 5) is 6.80. The lowest BCUT2D eigenvalue weighted by molar-refractivity contribution is 0.318. The van der Waals surface area contributed by atoms with Gasteiger partial charge in [-0.05, 0) is 43.4 Å². The highest BCUT2D eigenvalue weighted by molar-refractivity contribution is 5.40. The van der Waals surface area contributed by atoms with Gasteiger partial charge in [0.15, 0.2) is 0 Å². The molecule has 1 fully saturated rings. The molecule has 1 aromatic heterocycles. The second-order valence-electron chi connectivity index (χ2n) is 4.56. The number of anilines is 1. The Hall–Kier alpha value is -1.09. The van der Waals surface area contributed by atoms with Crippen LogP contribution in [0.3, 0.4) is 0 Å². The van der Waals surface area contributed by atoms with Gasteiger partial charge >= 0.3 is 0 Å². The number of rotatable bonds is 5. The Bertz CT molecular complexity index is 334. The van der Waals surface area contributed by atoms with Crippen LogP contribution in [0.1, 0.15) is 31.7 Å². The van der Waals surface area contributed by atoms with Gasteiger partial charge in [-0.15, -0.1) is 0 Å². The topological polar surface area (TPSA) is 42.1 Å². The molecule has 0 atom stereocenters. The van der Waals surface area contributed by atoms with Crippen LogP contribution in [-0.4, -0.2) is 18.1 Å². The highest BCUT2D eigenvalue weighted by Crippen LogP contribution is 2.28. The normalized spacial score (nSPS) is 15.9. The largest absolute Gasteiger partial charge is 0.357 e. The highest BCUT2D eigenvalue weighted by atomic mass is 15.2. The molecule has 0 unspecified atom stereocenters. The van der Waals surface area contributed by atoms with Crippen molar-refractivity contribution in [3.05, 3.63) is 23.9 Å². The monoisotopic (exact) mass is 219 g/mol. The standard InChI is InChI=1S/C13H21N3/c1-2-16(10-11-4-3-5-11)13-8-12(9-14)6-7-15-13/h6-8,11H,2-5,9-10,14H2,1H3. The Labute approximate surface area is 97.7 Å². The molecule has 1 aromatic rings. The maximum atomic E-state index is 5.65. The van der Waals surface area contributed by atoms with Crippen molar-refractivity contribution in [3.8, 4) is 0 Å². The van der Waals surface area contributed by atoms with E-state index in [2.05, 4.69) is 22.9 Å². The van der Waals surface area contributed by atoms with E-state index in [1.807, 2.05) is 12.3 Å². The summed E-state index contributed by atoms with van der Waals surface area (Å²) < 4.78 is 0. The number of hydrogen-bond acceptors (Lipinski definition) is 3. The van der Waals surface area contributed by atoms with Crippen molar-refractivity contribution < 1.29 is 0 Å². The van der Waals surface area contributed by atoms with Crippen LogP contribution in [0.4, 0.5) is 5.82 Å². The number of hydrogen-bond donors (Lipinski definition) is 1. The van der Waals surface area contributed by atoms with Gasteiger partial charge in [-0.1, -0.05) is 6.42 Å². The van der Waals surface area contributed by atoms with Crippen molar-refractivity contribution in [1.29, 1.82) is 0 Å². The molecule has 16 heavy (non-hydrogen) atoms. The van der Waals surface area contributed by atoms with Crippen LogP contribution < -0.4 is 10.6 Å². The minimum absolute atomic E-state index is 0.594. The third-order valence-electron chi connectivity index (χ3n) is 3.45. The molecule has 0 radical (unpaired) electrons. The average molecular weight is 219 g/mol. The predicted octanol–water partition coefficient (Wildman–Crippen LogP) is 2.17. The van der Waals surface area contributed by atoms with Crippen LogP contribution in [0.2, 0.25) is 0 Å². The van der Waals surface area contributed by atoms with E-state index in [-0.39, 0.29) is 0 Å². The Morgan fingerprint density at radius 3 is 2.88 bits per heavy atom. The van der Waals surface area contributed by atoms with E-state index in [4.69, 9.17) is 5.73 Å². The lowest BCUT2D eigenvalue weighted by Gasteiger charge is -2.32. The summed E-state index contributed by atoms with van der Waals surface area (Å²) in [5, 5.41) is 0. The van der Waals surface area contributed by atoms with Crippen LogP contribution in [-0.2, 0) is 6.54 Å². The van der Waals surface area contributed by atoms with E-state index in [9.17, 15) is 0 Å². The first-order valence-corrected chi connectivity index (χ1v) is 6.23. The van der Waals surface area contributed by atoms with Gasteiger partial charge in [0.25, 0.3) is 0 Å². The van der Waals surface area contributed by atoms with Gasteiger partial charge in [-0.25, -0.2) is 4.98 Å². The fourth-order valence-corrected chi connectivity index (χ4v) is 2.13. The van der Waals surface area contributed by atoms with E-state index in [0.717, 1.165) is 30.4 Å². The molecule has 0 spiro atoms. The van der Waals surface area contributed by atoms with Crippen molar-refractivity contribution in [2.24, 2.45) is 11.7 Å². The van der Waals surface area contributed by atoms with Crippen molar-refractivity contribution in [2.45, 2.75) is 32.7 Å². The molecule has 0 bridgehead atoms. The minimum atomic E-state index is 0.594. The van der Waals surface area contributed by atoms with Gasteiger partial charge in [0, 0.05) is 25.8 Å². The highest BCUT2D eigenvalue weighted by Gasteiger charge is 2.20. The zero-order chi connectivity index (χ0) is 11.4. The van der Waals surface area contributed by atoms with Gasteiger partial charge in [0.05, 0.1) is 0 Å². The van der Waals surface area contributed by atoms with E-state index in [1.165, 1.54) is 19.3 Å². The first-order chi connectivity index (χ1) is 7.83. The smallest absolute Gasteiger partial charge is 0.128 e. The Morgan fingerprint density at radius 1 is 1.50 bits per heavy atom. The second kappa shape index (κ2) is 5.30. The van der Waals surface area contributed by atoms with Crippen LogP contribution in [0, 0.1) is 5.92 Å². The van der Waals surface area contributed by atoms with Gasteiger partial charge in [-0.2, -0.15) is 0 Å².